The highest BCUT2D eigenvalue weighted by atomic mass is 31.2. The van der Waals surface area contributed by atoms with Crippen molar-refractivity contribution < 1.29 is 42.1 Å². The molecule has 0 aliphatic heterocycles. The molecule has 0 aliphatic rings. The van der Waals surface area contributed by atoms with Crippen molar-refractivity contribution in [2.24, 2.45) is 0 Å². The molecule has 2 atom stereocenters. The van der Waals surface area contributed by atoms with E-state index in [1.54, 1.807) is 0 Å². The lowest BCUT2D eigenvalue weighted by Crippen LogP contribution is -2.37. The van der Waals surface area contributed by atoms with Gasteiger partial charge in [-0.15, -0.1) is 0 Å². The van der Waals surface area contributed by atoms with Crippen LogP contribution in [0.15, 0.2) is 12.2 Å². The SMILES string of the molecule is CCCCC/C=C\CCCCCCCC(=O)OC[C@H](COP(=O)([O-])OCC[N+](C)(C)C)OC(=O)CCCCCCCCCCCC. The zero-order chi connectivity index (χ0) is 34.4. The Balaban J connectivity index is 4.46. The van der Waals surface area contributed by atoms with Gasteiger partial charge < -0.3 is 27.9 Å². The van der Waals surface area contributed by atoms with Crippen LogP contribution in [0.5, 0.6) is 0 Å². The molecule has 0 bridgehead atoms. The van der Waals surface area contributed by atoms with Crippen molar-refractivity contribution in [3.63, 3.8) is 0 Å². The van der Waals surface area contributed by atoms with Crippen molar-refractivity contribution in [2.45, 2.75) is 161 Å². The molecule has 0 aromatic carbocycles. The normalized spacial score (nSPS) is 14.0. The maximum absolute atomic E-state index is 12.5. The van der Waals surface area contributed by atoms with Crippen LogP contribution in [0.25, 0.3) is 0 Å². The van der Waals surface area contributed by atoms with Crippen LogP contribution in [0, 0.1) is 0 Å². The van der Waals surface area contributed by atoms with Crippen molar-refractivity contribution in [2.75, 3.05) is 47.5 Å². The van der Waals surface area contributed by atoms with E-state index in [-0.39, 0.29) is 26.1 Å². The first-order chi connectivity index (χ1) is 22.0. The number of likely N-dealkylation sites (N-methyl/N-ethyl adjacent to an activating group) is 1. The molecule has 0 radical (unpaired) electrons. The summed E-state index contributed by atoms with van der Waals surface area (Å²) in [5.41, 5.74) is 0. The number of nitrogens with zero attached hydrogens (tertiary/aromatic N) is 1. The fourth-order valence-electron chi connectivity index (χ4n) is 4.82. The van der Waals surface area contributed by atoms with Gasteiger partial charge in [-0.25, -0.2) is 0 Å². The number of rotatable bonds is 33. The number of esters is 2. The molecule has 0 aliphatic carbocycles. The second-order valence-electron chi connectivity index (χ2n) is 13.6. The minimum atomic E-state index is -4.61. The summed E-state index contributed by atoms with van der Waals surface area (Å²) in [5, 5.41) is 0. The molecule has 9 nitrogen and oxygen atoms in total. The van der Waals surface area contributed by atoms with Crippen LogP contribution in [0.4, 0.5) is 0 Å². The van der Waals surface area contributed by atoms with E-state index in [0.29, 0.717) is 17.4 Å². The predicted octanol–water partition coefficient (Wildman–Crippen LogP) is 8.83. The number of hydrogen-bond acceptors (Lipinski definition) is 8. The van der Waals surface area contributed by atoms with Crippen molar-refractivity contribution in [3.8, 4) is 0 Å². The summed E-state index contributed by atoms with van der Waals surface area (Å²) in [6.45, 7) is 4.16. The molecule has 0 heterocycles. The van der Waals surface area contributed by atoms with Crippen molar-refractivity contribution in [1.82, 2.24) is 0 Å². The van der Waals surface area contributed by atoms with E-state index in [1.165, 1.54) is 64.2 Å². The second kappa shape index (κ2) is 29.9. The Morgan fingerprint density at radius 1 is 0.652 bits per heavy atom. The van der Waals surface area contributed by atoms with Gasteiger partial charge >= 0.3 is 11.9 Å². The maximum atomic E-state index is 12.5. The van der Waals surface area contributed by atoms with Crippen LogP contribution in [0.1, 0.15) is 155 Å². The molecule has 0 saturated heterocycles. The van der Waals surface area contributed by atoms with Crippen LogP contribution in [0.3, 0.4) is 0 Å². The fourth-order valence-corrected chi connectivity index (χ4v) is 5.55. The summed E-state index contributed by atoms with van der Waals surface area (Å²) in [6.07, 6.45) is 26.7. The van der Waals surface area contributed by atoms with Gasteiger partial charge in [0, 0.05) is 12.8 Å². The highest BCUT2D eigenvalue weighted by Gasteiger charge is 2.21. The van der Waals surface area contributed by atoms with Crippen molar-refractivity contribution >= 4 is 19.8 Å². The first kappa shape index (κ1) is 44.8. The Morgan fingerprint density at radius 3 is 1.65 bits per heavy atom. The number of carbonyl (C=O) groups is 2. The summed E-state index contributed by atoms with van der Waals surface area (Å²) < 4.78 is 33.6. The number of ether oxygens (including phenoxy) is 2. The van der Waals surface area contributed by atoms with Gasteiger partial charge in [-0.1, -0.05) is 116 Å². The monoisotopic (exact) mass is 675 g/mol. The van der Waals surface area contributed by atoms with Gasteiger partial charge in [-0.2, -0.15) is 0 Å². The zero-order valence-electron chi connectivity index (χ0n) is 30.3. The second-order valence-corrected chi connectivity index (χ2v) is 15.0. The smallest absolute Gasteiger partial charge is 0.306 e. The first-order valence-electron chi connectivity index (χ1n) is 18.4. The van der Waals surface area contributed by atoms with Gasteiger partial charge in [0.25, 0.3) is 7.82 Å². The van der Waals surface area contributed by atoms with E-state index in [2.05, 4.69) is 26.0 Å². The molecule has 0 saturated carbocycles. The van der Waals surface area contributed by atoms with E-state index >= 15 is 0 Å². The number of phosphoric acid groups is 1. The van der Waals surface area contributed by atoms with Crippen LogP contribution in [0.2, 0.25) is 0 Å². The fraction of sp³-hybridized carbons (Fsp3) is 0.889. The molecule has 0 rings (SSSR count). The molecule has 0 fully saturated rings. The zero-order valence-corrected chi connectivity index (χ0v) is 31.2. The molecular weight excluding hydrogens is 605 g/mol. The van der Waals surface area contributed by atoms with Gasteiger partial charge in [0.05, 0.1) is 27.7 Å². The molecule has 1 unspecified atom stereocenters. The predicted molar refractivity (Wildman–Crippen MR) is 185 cm³/mol. The molecule has 0 amide bonds. The van der Waals surface area contributed by atoms with Gasteiger partial charge in [0.2, 0.25) is 0 Å². The Bertz CT molecular complexity index is 814. The van der Waals surface area contributed by atoms with Crippen LogP contribution >= 0.6 is 7.82 Å². The molecule has 272 valence electrons. The van der Waals surface area contributed by atoms with Gasteiger partial charge in [0.15, 0.2) is 6.10 Å². The largest absolute Gasteiger partial charge is 0.756 e. The third-order valence-electron chi connectivity index (χ3n) is 7.79. The van der Waals surface area contributed by atoms with Crippen LogP contribution < -0.4 is 4.89 Å². The Kier molecular flexibility index (Phi) is 29.0. The number of allylic oxidation sites excluding steroid dienone is 2. The van der Waals surface area contributed by atoms with Crippen LogP contribution in [-0.2, 0) is 32.7 Å². The summed E-state index contributed by atoms with van der Waals surface area (Å²) in [6, 6.07) is 0. The molecule has 10 heteroatoms. The summed E-state index contributed by atoms with van der Waals surface area (Å²) >= 11 is 0. The van der Waals surface area contributed by atoms with Crippen LogP contribution in [-0.4, -0.2) is 70.0 Å². The summed E-state index contributed by atoms with van der Waals surface area (Å²) in [4.78, 5) is 37.2. The highest BCUT2D eigenvalue weighted by molar-refractivity contribution is 7.45. The van der Waals surface area contributed by atoms with Gasteiger partial charge in [-0.05, 0) is 38.5 Å². The number of carbonyl (C=O) groups excluding carboxylic acids is 2. The quantitative estimate of drug-likeness (QED) is 0.0223. The average Bonchev–Trinajstić information content (AvgIpc) is 2.99. The summed E-state index contributed by atoms with van der Waals surface area (Å²) in [5.74, 6) is -0.845. The van der Waals surface area contributed by atoms with E-state index in [9.17, 15) is 19.0 Å². The number of unbranched alkanes of at least 4 members (excludes halogenated alkanes) is 17. The van der Waals surface area contributed by atoms with Gasteiger partial charge in [-0.3, -0.25) is 14.2 Å². The minimum Gasteiger partial charge on any atom is -0.756 e. The third kappa shape index (κ3) is 32.7. The highest BCUT2D eigenvalue weighted by Crippen LogP contribution is 2.38. The minimum absolute atomic E-state index is 0.0296. The lowest BCUT2D eigenvalue weighted by molar-refractivity contribution is -0.870. The molecule has 0 aromatic heterocycles. The van der Waals surface area contributed by atoms with E-state index in [0.717, 1.165) is 57.8 Å². The number of hydrogen-bond donors (Lipinski definition) is 0. The molecular formula is C36H70NO8P. The number of quaternary nitrogens is 1. The van der Waals surface area contributed by atoms with E-state index < -0.39 is 32.5 Å². The summed E-state index contributed by atoms with van der Waals surface area (Å²) in [7, 11) is 1.16. The standard InChI is InChI=1S/C36H70NO8P/c1-6-8-10-12-14-16-18-19-21-22-24-26-28-35(38)42-32-34(33-44-46(40,41)43-31-30-37(3,4)5)45-36(39)29-27-25-23-20-17-15-13-11-9-7-2/h14,16,34H,6-13,15,17-33H2,1-5H3/b16-14-/t34-/m1/s1. The lowest BCUT2D eigenvalue weighted by Gasteiger charge is -2.28. The number of phosphoric ester groups is 1. The lowest BCUT2D eigenvalue weighted by atomic mass is 10.1. The maximum Gasteiger partial charge on any atom is 0.306 e. The van der Waals surface area contributed by atoms with Crippen molar-refractivity contribution in [1.29, 1.82) is 0 Å². The average molecular weight is 676 g/mol. The van der Waals surface area contributed by atoms with E-state index in [1.807, 2.05) is 21.1 Å². The Hall–Kier alpha value is -1.25. The first-order valence-corrected chi connectivity index (χ1v) is 19.9. The Morgan fingerprint density at radius 2 is 1.11 bits per heavy atom. The third-order valence-corrected chi connectivity index (χ3v) is 8.75. The molecule has 0 aromatic rings. The molecule has 0 spiro atoms. The molecule has 0 N–H and O–H groups in total. The molecule has 46 heavy (non-hydrogen) atoms. The topological polar surface area (TPSA) is 111 Å². The van der Waals surface area contributed by atoms with Gasteiger partial charge in [0.1, 0.15) is 19.8 Å². The van der Waals surface area contributed by atoms with E-state index in [4.69, 9.17) is 18.5 Å². The Labute approximate surface area is 282 Å². The van der Waals surface area contributed by atoms with Crippen molar-refractivity contribution in [3.05, 3.63) is 12.2 Å².